The van der Waals surface area contributed by atoms with E-state index < -0.39 is 0 Å². The Bertz CT molecular complexity index is 761. The number of hydrogen-bond donors (Lipinski definition) is 1. The number of nitrogens with zero attached hydrogens (tertiary/aromatic N) is 2. The van der Waals surface area contributed by atoms with E-state index in [1.54, 1.807) is 12.1 Å². The average Bonchev–Trinajstić information content (AvgIpc) is 2.53. The Labute approximate surface area is 129 Å². The number of aryl methyl sites for hydroxylation is 2. The normalized spacial score (nSPS) is 9.27. The van der Waals surface area contributed by atoms with E-state index in [-0.39, 0.29) is 5.57 Å². The minimum absolute atomic E-state index is 0.0236. The van der Waals surface area contributed by atoms with Crippen molar-refractivity contribution in [1.29, 1.82) is 10.5 Å². The molecule has 0 saturated heterocycles. The highest BCUT2D eigenvalue weighted by Gasteiger charge is 2.00. The first-order valence-corrected chi connectivity index (χ1v) is 6.74. The molecule has 2 aromatic rings. The maximum Gasteiger partial charge on any atom is 0.145 e. The van der Waals surface area contributed by atoms with Crippen LogP contribution in [0, 0.1) is 36.5 Å². The van der Waals surface area contributed by atoms with E-state index in [1.165, 1.54) is 17.3 Å². The number of ether oxygens (including phenoxy) is 1. The molecule has 0 aliphatic carbocycles. The molecule has 0 aromatic heterocycles. The minimum Gasteiger partial charge on any atom is -0.457 e. The number of nitriles is 2. The molecule has 0 radical (unpaired) electrons. The number of hydrogen-bond acceptors (Lipinski definition) is 4. The van der Waals surface area contributed by atoms with E-state index in [2.05, 4.69) is 12.2 Å². The Kier molecular flexibility index (Phi) is 4.80. The lowest BCUT2D eigenvalue weighted by Gasteiger charge is -2.08. The molecule has 0 atom stereocenters. The molecule has 0 unspecified atom stereocenters. The van der Waals surface area contributed by atoms with Gasteiger partial charge in [-0.1, -0.05) is 6.07 Å². The third kappa shape index (κ3) is 3.88. The van der Waals surface area contributed by atoms with Crippen molar-refractivity contribution in [2.24, 2.45) is 0 Å². The van der Waals surface area contributed by atoms with Crippen LogP contribution in [0.25, 0.3) is 0 Å². The van der Waals surface area contributed by atoms with E-state index in [1.807, 2.05) is 49.4 Å². The summed E-state index contributed by atoms with van der Waals surface area (Å²) in [5.74, 6) is 1.51. The van der Waals surface area contributed by atoms with Crippen LogP contribution < -0.4 is 10.1 Å². The topological polar surface area (TPSA) is 68.8 Å². The van der Waals surface area contributed by atoms with Crippen molar-refractivity contribution in [2.75, 3.05) is 5.32 Å². The van der Waals surface area contributed by atoms with Crippen molar-refractivity contribution in [3.8, 4) is 23.6 Å². The summed E-state index contributed by atoms with van der Waals surface area (Å²) >= 11 is 0. The predicted octanol–water partition coefficient (Wildman–Crippen LogP) is 4.44. The van der Waals surface area contributed by atoms with Crippen LogP contribution in [-0.4, -0.2) is 0 Å². The molecule has 0 aliphatic rings. The molecule has 2 rings (SSSR count). The number of nitrogens with one attached hydrogen (secondary N) is 1. The molecular weight excluding hydrogens is 274 g/mol. The zero-order chi connectivity index (χ0) is 15.9. The van der Waals surface area contributed by atoms with Gasteiger partial charge in [0.15, 0.2) is 0 Å². The Morgan fingerprint density at radius 2 is 1.59 bits per heavy atom. The van der Waals surface area contributed by atoms with Crippen LogP contribution in [-0.2, 0) is 0 Å². The molecule has 0 aliphatic heterocycles. The summed E-state index contributed by atoms with van der Waals surface area (Å²) in [5.41, 5.74) is 3.21. The van der Waals surface area contributed by atoms with Crippen molar-refractivity contribution in [3.05, 3.63) is 65.4 Å². The van der Waals surface area contributed by atoms with Gasteiger partial charge in [-0.25, -0.2) is 0 Å². The molecule has 4 nitrogen and oxygen atoms in total. The summed E-state index contributed by atoms with van der Waals surface area (Å²) in [4.78, 5) is 0. The van der Waals surface area contributed by atoms with Crippen molar-refractivity contribution in [3.63, 3.8) is 0 Å². The second kappa shape index (κ2) is 6.97. The Morgan fingerprint density at radius 1 is 0.955 bits per heavy atom. The molecule has 0 spiro atoms. The highest BCUT2D eigenvalue weighted by atomic mass is 16.5. The lowest BCUT2D eigenvalue weighted by Crippen LogP contribution is -1.90. The predicted molar refractivity (Wildman–Crippen MR) is 85.4 cm³/mol. The third-order valence-corrected chi connectivity index (χ3v) is 3.19. The average molecular weight is 289 g/mol. The smallest absolute Gasteiger partial charge is 0.145 e. The van der Waals surface area contributed by atoms with Crippen molar-refractivity contribution >= 4 is 5.69 Å². The number of rotatable bonds is 4. The zero-order valence-electron chi connectivity index (χ0n) is 12.4. The molecule has 22 heavy (non-hydrogen) atoms. The molecule has 0 saturated carbocycles. The summed E-state index contributed by atoms with van der Waals surface area (Å²) < 4.78 is 5.79. The van der Waals surface area contributed by atoms with Crippen LogP contribution in [0.3, 0.4) is 0 Å². The minimum atomic E-state index is 0.0236. The maximum atomic E-state index is 8.65. The van der Waals surface area contributed by atoms with Crippen LogP contribution in [0.15, 0.2) is 54.2 Å². The molecule has 0 amide bonds. The largest absolute Gasteiger partial charge is 0.457 e. The van der Waals surface area contributed by atoms with E-state index in [0.29, 0.717) is 0 Å². The van der Waals surface area contributed by atoms with Crippen LogP contribution in [0.2, 0.25) is 0 Å². The van der Waals surface area contributed by atoms with Crippen molar-refractivity contribution < 1.29 is 4.74 Å². The van der Waals surface area contributed by atoms with Gasteiger partial charge in [0.25, 0.3) is 0 Å². The summed E-state index contributed by atoms with van der Waals surface area (Å²) in [7, 11) is 0. The fraction of sp³-hybridized carbons (Fsp3) is 0.111. The van der Waals surface area contributed by atoms with Gasteiger partial charge in [0.05, 0.1) is 0 Å². The van der Waals surface area contributed by atoms with Crippen LogP contribution in [0.4, 0.5) is 5.69 Å². The van der Waals surface area contributed by atoms with Gasteiger partial charge in [-0.05, 0) is 61.4 Å². The van der Waals surface area contributed by atoms with Gasteiger partial charge in [-0.15, -0.1) is 0 Å². The first-order valence-electron chi connectivity index (χ1n) is 6.74. The molecule has 0 heterocycles. The van der Waals surface area contributed by atoms with Gasteiger partial charge >= 0.3 is 0 Å². The Balaban J connectivity index is 2.06. The van der Waals surface area contributed by atoms with Gasteiger partial charge < -0.3 is 10.1 Å². The van der Waals surface area contributed by atoms with Crippen LogP contribution in [0.1, 0.15) is 11.1 Å². The third-order valence-electron chi connectivity index (χ3n) is 3.19. The van der Waals surface area contributed by atoms with Crippen LogP contribution in [0.5, 0.6) is 11.5 Å². The summed E-state index contributed by atoms with van der Waals surface area (Å²) in [5, 5.41) is 20.2. The summed E-state index contributed by atoms with van der Waals surface area (Å²) in [6.07, 6.45) is 1.37. The zero-order valence-corrected chi connectivity index (χ0v) is 12.4. The molecule has 0 fully saturated rings. The molecule has 0 bridgehead atoms. The fourth-order valence-corrected chi connectivity index (χ4v) is 1.78. The Morgan fingerprint density at radius 3 is 2.18 bits per heavy atom. The van der Waals surface area contributed by atoms with E-state index in [4.69, 9.17) is 15.3 Å². The van der Waals surface area contributed by atoms with Gasteiger partial charge in [0.1, 0.15) is 29.2 Å². The van der Waals surface area contributed by atoms with Crippen molar-refractivity contribution in [1.82, 2.24) is 0 Å². The highest BCUT2D eigenvalue weighted by Crippen LogP contribution is 2.24. The first kappa shape index (κ1) is 15.2. The van der Waals surface area contributed by atoms with Gasteiger partial charge in [0, 0.05) is 11.9 Å². The summed E-state index contributed by atoms with van der Waals surface area (Å²) in [6, 6.07) is 16.8. The quantitative estimate of drug-likeness (QED) is 0.845. The van der Waals surface area contributed by atoms with Gasteiger partial charge in [-0.3, -0.25) is 0 Å². The van der Waals surface area contributed by atoms with Gasteiger partial charge in [-0.2, -0.15) is 10.5 Å². The molecule has 1 N–H and O–H groups in total. The highest BCUT2D eigenvalue weighted by molar-refractivity contribution is 5.51. The molecule has 4 heteroatoms. The second-order valence-corrected chi connectivity index (χ2v) is 4.80. The fourth-order valence-electron chi connectivity index (χ4n) is 1.78. The lowest BCUT2D eigenvalue weighted by molar-refractivity contribution is 0.482. The molecule has 108 valence electrons. The van der Waals surface area contributed by atoms with Crippen LogP contribution >= 0.6 is 0 Å². The number of benzene rings is 2. The Hall–Kier alpha value is -3.24. The van der Waals surface area contributed by atoms with E-state index >= 15 is 0 Å². The first-order chi connectivity index (χ1) is 10.6. The van der Waals surface area contributed by atoms with Crippen molar-refractivity contribution in [2.45, 2.75) is 13.8 Å². The monoisotopic (exact) mass is 289 g/mol. The summed E-state index contributed by atoms with van der Waals surface area (Å²) in [6.45, 7) is 4.10. The SMILES string of the molecule is Cc1ccc(Oc2ccc(NC=C(C#N)C#N)cc2)cc1C. The van der Waals surface area contributed by atoms with E-state index in [9.17, 15) is 0 Å². The van der Waals surface area contributed by atoms with Gasteiger partial charge in [0.2, 0.25) is 0 Å². The molecular formula is C18H15N3O. The number of anilines is 1. The van der Waals surface area contributed by atoms with E-state index in [0.717, 1.165) is 17.2 Å². The lowest BCUT2D eigenvalue weighted by atomic mass is 10.1. The second-order valence-electron chi connectivity index (χ2n) is 4.80. The standard InChI is InChI=1S/C18H15N3O/c1-13-3-6-18(9-14(13)2)22-17-7-4-16(5-8-17)21-12-15(10-19)11-20/h3-9,12,21H,1-2H3. The number of allylic oxidation sites excluding steroid dienone is 1. The molecule has 2 aromatic carbocycles. The maximum absolute atomic E-state index is 8.65.